The molecular weight excluding hydrogens is 513 g/mol. The number of rotatable bonds is 8. The summed E-state index contributed by atoms with van der Waals surface area (Å²) in [6, 6.07) is 17.6. The Labute approximate surface area is 221 Å². The van der Waals surface area contributed by atoms with Crippen LogP contribution in [-0.2, 0) is 22.1 Å². The second kappa shape index (κ2) is 11.0. The van der Waals surface area contributed by atoms with Crippen LogP contribution in [0.5, 0.6) is 0 Å². The minimum absolute atomic E-state index is 0.0942. The Balaban J connectivity index is 1.46. The first-order valence-electron chi connectivity index (χ1n) is 12.0. The Morgan fingerprint density at radius 2 is 1.85 bits per heavy atom. The van der Waals surface area contributed by atoms with Crippen molar-refractivity contribution < 1.29 is 27.1 Å². The van der Waals surface area contributed by atoms with Crippen LogP contribution in [0.4, 0.5) is 24.9 Å². The number of aromatic nitrogens is 3. The Morgan fingerprint density at radius 1 is 1.08 bits per heavy atom. The van der Waals surface area contributed by atoms with Gasteiger partial charge >= 0.3 is 12.2 Å². The van der Waals surface area contributed by atoms with Gasteiger partial charge in [0.25, 0.3) is 11.8 Å². The van der Waals surface area contributed by atoms with Crippen molar-refractivity contribution in [3.05, 3.63) is 89.1 Å². The van der Waals surface area contributed by atoms with Crippen LogP contribution in [0, 0.1) is 0 Å². The molecule has 9 nitrogen and oxygen atoms in total. The van der Waals surface area contributed by atoms with Crippen molar-refractivity contribution in [1.29, 1.82) is 0 Å². The molecule has 0 saturated carbocycles. The zero-order chi connectivity index (χ0) is 27.4. The van der Waals surface area contributed by atoms with Gasteiger partial charge in [0.1, 0.15) is 5.69 Å². The van der Waals surface area contributed by atoms with Gasteiger partial charge in [-0.05, 0) is 30.5 Å². The highest BCUT2D eigenvalue weighted by Crippen LogP contribution is 2.33. The second-order valence-corrected chi connectivity index (χ2v) is 8.66. The number of amides is 1. The summed E-state index contributed by atoms with van der Waals surface area (Å²) in [5, 5.41) is 13.6. The molecule has 3 heterocycles. The van der Waals surface area contributed by atoms with Gasteiger partial charge in [-0.3, -0.25) is 9.78 Å². The monoisotopic (exact) mass is 536 g/mol. The van der Waals surface area contributed by atoms with Crippen molar-refractivity contribution in [2.45, 2.75) is 25.2 Å². The molecule has 1 unspecified atom stereocenters. The SMILES string of the molecule is COCCCc1cc(C(F)(F)F)cnc1-c1nnc(NC2N=C(c3ccccc3)c3ccccc3NC2=O)o1. The summed E-state index contributed by atoms with van der Waals surface area (Å²) in [5.74, 6) is -0.552. The summed E-state index contributed by atoms with van der Waals surface area (Å²) in [7, 11) is 1.51. The van der Waals surface area contributed by atoms with Gasteiger partial charge in [0, 0.05) is 31.0 Å². The Bertz CT molecular complexity index is 1500. The Hall–Kier alpha value is -4.58. The smallest absolute Gasteiger partial charge is 0.402 e. The third-order valence-corrected chi connectivity index (χ3v) is 5.97. The molecule has 0 spiro atoms. The molecule has 2 aromatic carbocycles. The highest BCUT2D eigenvalue weighted by molar-refractivity contribution is 6.19. The molecule has 5 rings (SSSR count). The van der Waals surface area contributed by atoms with Gasteiger partial charge in [0.15, 0.2) is 0 Å². The lowest BCUT2D eigenvalue weighted by atomic mass is 10.0. The van der Waals surface area contributed by atoms with Gasteiger partial charge in [0.05, 0.1) is 17.0 Å². The summed E-state index contributed by atoms with van der Waals surface area (Å²) in [4.78, 5) is 21.7. The quantitative estimate of drug-likeness (QED) is 0.306. The van der Waals surface area contributed by atoms with Crippen molar-refractivity contribution in [2.75, 3.05) is 24.4 Å². The predicted octanol–water partition coefficient (Wildman–Crippen LogP) is 4.96. The van der Waals surface area contributed by atoms with E-state index in [2.05, 4.69) is 30.8 Å². The minimum Gasteiger partial charge on any atom is -0.402 e. The zero-order valence-electron chi connectivity index (χ0n) is 20.7. The highest BCUT2D eigenvalue weighted by Gasteiger charge is 2.32. The second-order valence-electron chi connectivity index (χ2n) is 8.66. The van der Waals surface area contributed by atoms with E-state index in [1.807, 2.05) is 42.5 Å². The van der Waals surface area contributed by atoms with Crippen LogP contribution < -0.4 is 10.6 Å². The van der Waals surface area contributed by atoms with Crippen LogP contribution in [0.25, 0.3) is 11.6 Å². The fraction of sp³-hybridized carbons (Fsp3) is 0.222. The summed E-state index contributed by atoms with van der Waals surface area (Å²) >= 11 is 0. The molecule has 2 N–H and O–H groups in total. The number of hydrogen-bond donors (Lipinski definition) is 2. The van der Waals surface area contributed by atoms with E-state index in [1.54, 1.807) is 12.1 Å². The number of ether oxygens (including phenoxy) is 1. The van der Waals surface area contributed by atoms with Crippen molar-refractivity contribution >= 4 is 23.3 Å². The van der Waals surface area contributed by atoms with E-state index < -0.39 is 23.8 Å². The number of pyridine rings is 1. The average Bonchev–Trinajstić information content (AvgIpc) is 3.34. The molecular formula is C27H23F3N6O3. The van der Waals surface area contributed by atoms with E-state index >= 15 is 0 Å². The molecule has 4 aromatic rings. The predicted molar refractivity (Wildman–Crippen MR) is 137 cm³/mol. The summed E-state index contributed by atoms with van der Waals surface area (Å²) in [5.41, 5.74) is 2.22. The first kappa shape index (κ1) is 26.0. The number of benzodiazepines with no additional fused rings is 1. The van der Waals surface area contributed by atoms with E-state index in [0.717, 1.165) is 23.4 Å². The average molecular weight is 537 g/mol. The number of halogens is 3. The summed E-state index contributed by atoms with van der Waals surface area (Å²) in [6.07, 6.45) is -4.26. The van der Waals surface area contributed by atoms with E-state index in [4.69, 9.17) is 9.15 Å². The van der Waals surface area contributed by atoms with Crippen LogP contribution in [0.15, 0.2) is 76.3 Å². The van der Waals surface area contributed by atoms with Crippen LogP contribution in [0.3, 0.4) is 0 Å². The maximum Gasteiger partial charge on any atom is 0.417 e. The molecule has 2 aromatic heterocycles. The van der Waals surface area contributed by atoms with Gasteiger partial charge in [-0.1, -0.05) is 53.6 Å². The number of methoxy groups -OCH3 is 1. The van der Waals surface area contributed by atoms with Gasteiger partial charge in [-0.25, -0.2) is 4.99 Å². The zero-order valence-corrected chi connectivity index (χ0v) is 20.7. The summed E-state index contributed by atoms with van der Waals surface area (Å²) < 4.78 is 50.6. The number of alkyl halides is 3. The molecule has 0 aliphatic carbocycles. The van der Waals surface area contributed by atoms with Gasteiger partial charge in [0.2, 0.25) is 6.17 Å². The summed E-state index contributed by atoms with van der Waals surface area (Å²) in [6.45, 7) is 0.354. The molecule has 1 aliphatic heterocycles. The van der Waals surface area contributed by atoms with Crippen LogP contribution in [0.1, 0.15) is 28.7 Å². The number of aryl methyl sites for hydroxylation is 1. The molecule has 1 aliphatic rings. The van der Waals surface area contributed by atoms with E-state index in [1.165, 1.54) is 7.11 Å². The van der Waals surface area contributed by atoms with Gasteiger partial charge in [-0.15, -0.1) is 5.10 Å². The Morgan fingerprint density at radius 3 is 2.62 bits per heavy atom. The number of nitrogens with zero attached hydrogens (tertiary/aromatic N) is 4. The maximum absolute atomic E-state index is 13.3. The molecule has 200 valence electrons. The molecule has 0 saturated heterocycles. The fourth-order valence-electron chi connectivity index (χ4n) is 4.13. The number of fused-ring (bicyclic) bond motifs is 1. The lowest BCUT2D eigenvalue weighted by molar-refractivity contribution is -0.137. The number of hydrogen-bond acceptors (Lipinski definition) is 8. The number of nitrogens with one attached hydrogen (secondary N) is 2. The largest absolute Gasteiger partial charge is 0.417 e. The maximum atomic E-state index is 13.3. The molecule has 0 bridgehead atoms. The van der Waals surface area contributed by atoms with Gasteiger partial charge < -0.3 is 19.8 Å². The third kappa shape index (κ3) is 5.80. The van der Waals surface area contributed by atoms with Crippen LogP contribution in [0.2, 0.25) is 0 Å². The standard InChI is InChI=1S/C27H23F3N6O3/c1-38-13-7-10-17-14-18(27(28,29)30)15-31-22(17)25-35-36-26(39-25)34-23-24(37)32-20-12-6-5-11-19(20)21(33-23)16-8-3-2-4-9-16/h2-6,8-9,11-12,14-15,23H,7,10,13H2,1H3,(H,32,37)(H,34,36). The van der Waals surface area contributed by atoms with E-state index in [9.17, 15) is 18.0 Å². The molecule has 0 radical (unpaired) electrons. The van der Waals surface area contributed by atoms with E-state index in [0.29, 0.717) is 24.4 Å². The number of para-hydroxylation sites is 1. The number of carbonyl (C=O) groups is 1. The van der Waals surface area contributed by atoms with Crippen LogP contribution in [-0.4, -0.2) is 46.7 Å². The number of aliphatic imine (C=N–C) groups is 1. The third-order valence-electron chi connectivity index (χ3n) is 5.97. The molecule has 1 atom stereocenters. The molecule has 1 amide bonds. The molecule has 12 heteroatoms. The lowest BCUT2D eigenvalue weighted by Crippen LogP contribution is -2.32. The lowest BCUT2D eigenvalue weighted by Gasteiger charge is -2.12. The fourth-order valence-corrected chi connectivity index (χ4v) is 4.13. The van der Waals surface area contributed by atoms with Crippen molar-refractivity contribution in [3.8, 4) is 11.6 Å². The molecule has 0 fully saturated rings. The van der Waals surface area contributed by atoms with Crippen molar-refractivity contribution in [3.63, 3.8) is 0 Å². The number of benzene rings is 2. The first-order chi connectivity index (χ1) is 18.8. The first-order valence-corrected chi connectivity index (χ1v) is 12.0. The van der Waals surface area contributed by atoms with E-state index in [-0.39, 0.29) is 29.6 Å². The Kier molecular flexibility index (Phi) is 7.37. The van der Waals surface area contributed by atoms with Crippen molar-refractivity contribution in [2.24, 2.45) is 4.99 Å². The topological polar surface area (TPSA) is 115 Å². The number of carbonyl (C=O) groups excluding carboxylic acids is 1. The minimum atomic E-state index is -4.55. The highest BCUT2D eigenvalue weighted by atomic mass is 19.4. The normalized spacial score (nSPS) is 15.2. The van der Waals surface area contributed by atoms with Crippen molar-refractivity contribution in [1.82, 2.24) is 15.2 Å². The van der Waals surface area contributed by atoms with Crippen LogP contribution >= 0.6 is 0 Å². The molecule has 39 heavy (non-hydrogen) atoms. The van der Waals surface area contributed by atoms with Gasteiger partial charge in [-0.2, -0.15) is 13.2 Å². The number of anilines is 2.